The molecule has 0 aliphatic heterocycles. The number of hydrogen-bond donors (Lipinski definition) is 1. The van der Waals surface area contributed by atoms with Crippen LogP contribution in [0.1, 0.15) is 37.2 Å². The minimum atomic E-state index is -0.462. The Labute approximate surface area is 120 Å². The summed E-state index contributed by atoms with van der Waals surface area (Å²) in [5.41, 5.74) is 2.75. The molecule has 19 heavy (non-hydrogen) atoms. The molecule has 0 saturated heterocycles. The molecule has 0 aliphatic carbocycles. The third kappa shape index (κ3) is 4.48. The second-order valence-corrected chi connectivity index (χ2v) is 5.94. The maximum absolute atomic E-state index is 9.19. The van der Waals surface area contributed by atoms with Crippen molar-refractivity contribution in [3.05, 3.63) is 17.0 Å². The van der Waals surface area contributed by atoms with Gasteiger partial charge in [0.25, 0.3) is 0 Å². The molecular formula is C14H22N4S. The van der Waals surface area contributed by atoms with Gasteiger partial charge in [0.05, 0.1) is 6.07 Å². The van der Waals surface area contributed by atoms with Crippen LogP contribution in [0.3, 0.4) is 0 Å². The number of aromatic nitrogens is 2. The Morgan fingerprint density at radius 2 is 1.84 bits per heavy atom. The molecule has 4 nitrogen and oxygen atoms in total. The molecule has 0 aliphatic rings. The van der Waals surface area contributed by atoms with Crippen LogP contribution < -0.4 is 5.32 Å². The first-order chi connectivity index (χ1) is 8.91. The summed E-state index contributed by atoms with van der Waals surface area (Å²) < 4.78 is 0. The van der Waals surface area contributed by atoms with Crippen LogP contribution in [0.4, 0.5) is 0 Å². The second kappa shape index (κ2) is 6.88. The van der Waals surface area contributed by atoms with Gasteiger partial charge in [0, 0.05) is 17.1 Å². The molecule has 1 aromatic rings. The quantitative estimate of drug-likeness (QED) is 0.640. The molecule has 1 N–H and O–H groups in total. The summed E-state index contributed by atoms with van der Waals surface area (Å²) >= 11 is 1.61. The maximum atomic E-state index is 9.19. The zero-order valence-corrected chi connectivity index (χ0v) is 13.2. The first kappa shape index (κ1) is 15.9. The number of nitriles is 1. The van der Waals surface area contributed by atoms with Gasteiger partial charge in [-0.2, -0.15) is 5.26 Å². The lowest BCUT2D eigenvalue weighted by Crippen LogP contribution is -2.41. The number of rotatable bonds is 6. The zero-order valence-electron chi connectivity index (χ0n) is 12.4. The third-order valence-electron chi connectivity index (χ3n) is 3.26. The van der Waals surface area contributed by atoms with Crippen molar-refractivity contribution in [1.82, 2.24) is 15.3 Å². The van der Waals surface area contributed by atoms with E-state index in [2.05, 4.69) is 21.4 Å². The van der Waals surface area contributed by atoms with E-state index in [0.717, 1.165) is 40.8 Å². The molecule has 0 saturated carbocycles. The summed E-state index contributed by atoms with van der Waals surface area (Å²) in [6, 6.07) is 2.33. The van der Waals surface area contributed by atoms with E-state index in [1.165, 1.54) is 0 Å². The van der Waals surface area contributed by atoms with Crippen LogP contribution in [0, 0.1) is 32.1 Å². The average Bonchev–Trinajstić information content (AvgIpc) is 2.36. The molecule has 0 fully saturated rings. The Bertz CT molecular complexity index is 458. The average molecular weight is 278 g/mol. The van der Waals surface area contributed by atoms with Crippen molar-refractivity contribution in [2.45, 2.75) is 51.7 Å². The normalized spacial score (nSPS) is 13.9. The van der Waals surface area contributed by atoms with Crippen molar-refractivity contribution in [3.8, 4) is 6.07 Å². The monoisotopic (exact) mass is 278 g/mol. The summed E-state index contributed by atoms with van der Waals surface area (Å²) in [7, 11) is 0. The zero-order chi connectivity index (χ0) is 14.5. The van der Waals surface area contributed by atoms with Crippen LogP contribution in [-0.4, -0.2) is 27.8 Å². The van der Waals surface area contributed by atoms with Crippen LogP contribution in [0.15, 0.2) is 5.16 Å². The minimum Gasteiger partial charge on any atom is -0.300 e. The van der Waals surface area contributed by atoms with E-state index in [4.69, 9.17) is 0 Å². The number of hydrogen-bond acceptors (Lipinski definition) is 5. The maximum Gasteiger partial charge on any atom is 0.187 e. The SMILES string of the molecule is CCNC(C)(C#N)CCSc1nc(C)c(C)c(C)n1. The fourth-order valence-electron chi connectivity index (χ4n) is 1.73. The van der Waals surface area contributed by atoms with Gasteiger partial charge in [-0.05, 0) is 46.2 Å². The summed E-state index contributed by atoms with van der Waals surface area (Å²) in [6.07, 6.45) is 0.775. The molecule has 104 valence electrons. The molecular weight excluding hydrogens is 256 g/mol. The summed E-state index contributed by atoms with van der Waals surface area (Å²) in [5, 5.41) is 13.2. The van der Waals surface area contributed by atoms with Gasteiger partial charge < -0.3 is 0 Å². The first-order valence-corrected chi connectivity index (χ1v) is 7.51. The van der Waals surface area contributed by atoms with Gasteiger partial charge in [-0.25, -0.2) is 9.97 Å². The highest BCUT2D eigenvalue weighted by Crippen LogP contribution is 2.20. The summed E-state index contributed by atoms with van der Waals surface area (Å²) in [6.45, 7) is 10.8. The number of nitrogens with one attached hydrogen (secondary N) is 1. The highest BCUT2D eigenvalue weighted by molar-refractivity contribution is 7.99. The lowest BCUT2D eigenvalue weighted by molar-refractivity contribution is 0.450. The van der Waals surface area contributed by atoms with E-state index in [-0.39, 0.29) is 0 Å². The van der Waals surface area contributed by atoms with Crippen molar-refractivity contribution in [2.75, 3.05) is 12.3 Å². The van der Waals surface area contributed by atoms with Gasteiger partial charge in [-0.15, -0.1) is 0 Å². The van der Waals surface area contributed by atoms with Gasteiger partial charge in [-0.1, -0.05) is 18.7 Å². The molecule has 1 aromatic heterocycles. The smallest absolute Gasteiger partial charge is 0.187 e. The molecule has 0 amide bonds. The van der Waals surface area contributed by atoms with Crippen LogP contribution in [0.2, 0.25) is 0 Å². The molecule has 1 heterocycles. The molecule has 0 aromatic carbocycles. The lowest BCUT2D eigenvalue weighted by Gasteiger charge is -2.21. The predicted octanol–water partition coefficient (Wildman–Crippen LogP) is 2.78. The van der Waals surface area contributed by atoms with Crippen molar-refractivity contribution in [3.63, 3.8) is 0 Å². The van der Waals surface area contributed by atoms with Gasteiger partial charge in [0.1, 0.15) is 5.54 Å². The molecule has 0 bridgehead atoms. The highest BCUT2D eigenvalue weighted by atomic mass is 32.2. The predicted molar refractivity (Wildman–Crippen MR) is 79.3 cm³/mol. The van der Waals surface area contributed by atoms with Gasteiger partial charge in [0.2, 0.25) is 0 Å². The summed E-state index contributed by atoms with van der Waals surface area (Å²) in [4.78, 5) is 8.95. The third-order valence-corrected chi connectivity index (χ3v) is 4.11. The van der Waals surface area contributed by atoms with E-state index >= 15 is 0 Å². The number of aryl methyl sites for hydroxylation is 2. The fourth-order valence-corrected chi connectivity index (χ4v) is 2.82. The Kier molecular flexibility index (Phi) is 5.77. The Balaban J connectivity index is 2.61. The lowest BCUT2D eigenvalue weighted by atomic mass is 10.0. The van der Waals surface area contributed by atoms with Crippen LogP contribution in [0.5, 0.6) is 0 Å². The Morgan fingerprint density at radius 1 is 1.26 bits per heavy atom. The van der Waals surface area contributed by atoms with E-state index in [1.807, 2.05) is 34.6 Å². The van der Waals surface area contributed by atoms with E-state index in [9.17, 15) is 5.26 Å². The van der Waals surface area contributed by atoms with Crippen LogP contribution in [0.25, 0.3) is 0 Å². The molecule has 5 heteroatoms. The largest absolute Gasteiger partial charge is 0.300 e. The van der Waals surface area contributed by atoms with E-state index in [0.29, 0.717) is 0 Å². The topological polar surface area (TPSA) is 61.6 Å². The van der Waals surface area contributed by atoms with Crippen molar-refractivity contribution >= 4 is 11.8 Å². The standard InChI is InChI=1S/C14H22N4S/c1-6-16-14(5,9-15)7-8-19-13-17-11(3)10(2)12(4)18-13/h16H,6-8H2,1-5H3. The van der Waals surface area contributed by atoms with Gasteiger partial charge in [0.15, 0.2) is 5.16 Å². The Morgan fingerprint density at radius 3 is 2.32 bits per heavy atom. The molecule has 1 unspecified atom stereocenters. The van der Waals surface area contributed by atoms with Crippen LogP contribution >= 0.6 is 11.8 Å². The highest BCUT2D eigenvalue weighted by Gasteiger charge is 2.21. The van der Waals surface area contributed by atoms with Crippen molar-refractivity contribution in [2.24, 2.45) is 0 Å². The fraction of sp³-hybridized carbons (Fsp3) is 0.643. The van der Waals surface area contributed by atoms with E-state index < -0.39 is 5.54 Å². The molecule has 1 rings (SSSR count). The molecule has 0 radical (unpaired) electrons. The number of nitrogens with zero attached hydrogens (tertiary/aromatic N) is 3. The summed E-state index contributed by atoms with van der Waals surface area (Å²) in [5.74, 6) is 0.832. The van der Waals surface area contributed by atoms with Crippen LogP contribution in [-0.2, 0) is 0 Å². The second-order valence-electron chi connectivity index (χ2n) is 4.87. The number of thioether (sulfide) groups is 1. The van der Waals surface area contributed by atoms with E-state index in [1.54, 1.807) is 11.8 Å². The molecule has 1 atom stereocenters. The van der Waals surface area contributed by atoms with Crippen molar-refractivity contribution in [1.29, 1.82) is 5.26 Å². The van der Waals surface area contributed by atoms with Gasteiger partial charge >= 0.3 is 0 Å². The van der Waals surface area contributed by atoms with Crippen molar-refractivity contribution < 1.29 is 0 Å². The van der Waals surface area contributed by atoms with Gasteiger partial charge in [-0.3, -0.25) is 5.32 Å². The first-order valence-electron chi connectivity index (χ1n) is 6.53. The Hall–Kier alpha value is -1.12. The minimum absolute atomic E-state index is 0.462. The molecule has 0 spiro atoms.